The summed E-state index contributed by atoms with van der Waals surface area (Å²) in [5.74, 6) is 0.763. The van der Waals surface area contributed by atoms with Crippen LogP contribution < -0.4 is 0 Å². The van der Waals surface area contributed by atoms with Gasteiger partial charge in [-0.05, 0) is 36.8 Å². The van der Waals surface area contributed by atoms with E-state index in [4.69, 9.17) is 4.74 Å². The third-order valence-corrected chi connectivity index (χ3v) is 5.79. The van der Waals surface area contributed by atoms with Crippen molar-refractivity contribution in [2.24, 2.45) is 17.3 Å². The third-order valence-electron chi connectivity index (χ3n) is 5.79. The fraction of sp³-hybridized carbons (Fsp3) is 0.500. The van der Waals surface area contributed by atoms with Gasteiger partial charge < -0.3 is 4.74 Å². The SMILES string of the molecule is C[C@]12C=CC[C@@]3(C)c4ccccc4C[C@@H](COC1=O)[C@@H]23. The van der Waals surface area contributed by atoms with E-state index in [0.29, 0.717) is 18.4 Å². The molecule has 4 rings (SSSR count). The number of carbonyl (C=O) groups is 1. The molecular weight excluding hydrogens is 248 g/mol. The summed E-state index contributed by atoms with van der Waals surface area (Å²) in [4.78, 5) is 12.4. The number of esters is 1. The first-order chi connectivity index (χ1) is 9.56. The van der Waals surface area contributed by atoms with Crippen LogP contribution in [-0.2, 0) is 21.4 Å². The number of ether oxygens (including phenoxy) is 1. The highest BCUT2D eigenvalue weighted by Gasteiger charge is 2.59. The van der Waals surface area contributed by atoms with E-state index in [1.807, 2.05) is 0 Å². The second-order valence-electron chi connectivity index (χ2n) is 7.00. The Morgan fingerprint density at radius 2 is 2.05 bits per heavy atom. The molecule has 2 nitrogen and oxygen atoms in total. The first-order valence-electron chi connectivity index (χ1n) is 7.49. The number of benzene rings is 1. The molecule has 0 amide bonds. The molecule has 4 atom stereocenters. The Morgan fingerprint density at radius 1 is 1.25 bits per heavy atom. The first-order valence-corrected chi connectivity index (χ1v) is 7.49. The highest BCUT2D eigenvalue weighted by Crippen LogP contribution is 2.58. The summed E-state index contributed by atoms with van der Waals surface area (Å²) < 4.78 is 5.51. The maximum absolute atomic E-state index is 12.4. The lowest BCUT2D eigenvalue weighted by atomic mass is 9.48. The average molecular weight is 268 g/mol. The molecule has 20 heavy (non-hydrogen) atoms. The molecule has 0 bridgehead atoms. The molecule has 0 aromatic heterocycles. The van der Waals surface area contributed by atoms with Crippen molar-refractivity contribution >= 4 is 5.97 Å². The van der Waals surface area contributed by atoms with Crippen LogP contribution in [0.1, 0.15) is 31.4 Å². The van der Waals surface area contributed by atoms with E-state index in [-0.39, 0.29) is 11.4 Å². The molecule has 0 spiro atoms. The predicted molar refractivity (Wildman–Crippen MR) is 77.3 cm³/mol. The van der Waals surface area contributed by atoms with E-state index in [1.165, 1.54) is 11.1 Å². The smallest absolute Gasteiger partial charge is 0.315 e. The number of carbonyl (C=O) groups excluding carboxylic acids is 1. The van der Waals surface area contributed by atoms with Crippen LogP contribution in [0.25, 0.3) is 0 Å². The van der Waals surface area contributed by atoms with E-state index >= 15 is 0 Å². The Labute approximate surface area is 119 Å². The van der Waals surface area contributed by atoms with Gasteiger partial charge in [0.25, 0.3) is 0 Å². The topological polar surface area (TPSA) is 26.3 Å². The van der Waals surface area contributed by atoms with Crippen LogP contribution in [-0.4, -0.2) is 12.6 Å². The zero-order valence-corrected chi connectivity index (χ0v) is 12.1. The van der Waals surface area contributed by atoms with Crippen LogP contribution in [0.2, 0.25) is 0 Å². The van der Waals surface area contributed by atoms with Gasteiger partial charge in [-0.25, -0.2) is 0 Å². The van der Waals surface area contributed by atoms with Gasteiger partial charge in [0.1, 0.15) is 0 Å². The molecule has 0 radical (unpaired) electrons. The zero-order valence-electron chi connectivity index (χ0n) is 12.1. The fourth-order valence-electron chi connectivity index (χ4n) is 5.07. The molecular formula is C18H20O2. The third kappa shape index (κ3) is 1.32. The van der Waals surface area contributed by atoms with Crippen molar-refractivity contribution in [3.63, 3.8) is 0 Å². The minimum absolute atomic E-state index is 0.0414. The van der Waals surface area contributed by atoms with Gasteiger partial charge >= 0.3 is 5.97 Å². The Kier molecular flexibility index (Phi) is 2.28. The average Bonchev–Trinajstić information content (AvgIpc) is 2.43. The fourth-order valence-corrected chi connectivity index (χ4v) is 5.07. The lowest BCUT2D eigenvalue weighted by Crippen LogP contribution is -2.58. The molecule has 0 saturated carbocycles. The highest BCUT2D eigenvalue weighted by atomic mass is 16.5. The molecule has 1 fully saturated rings. The van der Waals surface area contributed by atoms with Crippen molar-refractivity contribution < 1.29 is 9.53 Å². The highest BCUT2D eigenvalue weighted by molar-refractivity contribution is 5.81. The van der Waals surface area contributed by atoms with Gasteiger partial charge in [0.15, 0.2) is 0 Å². The van der Waals surface area contributed by atoms with E-state index in [0.717, 1.165) is 12.8 Å². The van der Waals surface area contributed by atoms with E-state index in [1.54, 1.807) is 0 Å². The second-order valence-corrected chi connectivity index (χ2v) is 7.00. The van der Waals surface area contributed by atoms with E-state index in [9.17, 15) is 4.79 Å². The number of hydrogen-bond donors (Lipinski definition) is 0. The molecule has 1 aromatic rings. The van der Waals surface area contributed by atoms with Crippen LogP contribution in [0.3, 0.4) is 0 Å². The van der Waals surface area contributed by atoms with Gasteiger partial charge in [-0.1, -0.05) is 43.3 Å². The number of hydrogen-bond acceptors (Lipinski definition) is 2. The maximum Gasteiger partial charge on any atom is 0.315 e. The second kappa shape index (κ2) is 3.75. The quantitative estimate of drug-likeness (QED) is 0.533. The van der Waals surface area contributed by atoms with Gasteiger partial charge in [-0.2, -0.15) is 0 Å². The van der Waals surface area contributed by atoms with E-state index < -0.39 is 5.41 Å². The van der Waals surface area contributed by atoms with Gasteiger partial charge in [-0.3, -0.25) is 4.79 Å². The number of allylic oxidation sites excluding steroid dienone is 1. The molecule has 0 unspecified atom stereocenters. The largest absolute Gasteiger partial charge is 0.465 e. The molecule has 1 aromatic carbocycles. The molecule has 0 N–H and O–H groups in total. The normalized spacial score (nSPS) is 41.6. The Morgan fingerprint density at radius 3 is 2.90 bits per heavy atom. The monoisotopic (exact) mass is 268 g/mol. The number of cyclic esters (lactones) is 1. The Hall–Kier alpha value is -1.57. The van der Waals surface area contributed by atoms with Crippen LogP contribution in [0.5, 0.6) is 0 Å². The molecule has 104 valence electrons. The van der Waals surface area contributed by atoms with Crippen LogP contribution >= 0.6 is 0 Å². The Balaban J connectivity index is 1.96. The number of fused-ring (bicyclic) bond motifs is 2. The van der Waals surface area contributed by atoms with Crippen molar-refractivity contribution in [3.05, 3.63) is 47.5 Å². The van der Waals surface area contributed by atoms with Gasteiger partial charge in [0.2, 0.25) is 0 Å². The van der Waals surface area contributed by atoms with Gasteiger partial charge in [0.05, 0.1) is 12.0 Å². The van der Waals surface area contributed by atoms with Crippen molar-refractivity contribution in [1.29, 1.82) is 0 Å². The van der Waals surface area contributed by atoms with Crippen molar-refractivity contribution in [1.82, 2.24) is 0 Å². The van der Waals surface area contributed by atoms with Crippen LogP contribution in [0.4, 0.5) is 0 Å². The first kappa shape index (κ1) is 12.2. The van der Waals surface area contributed by atoms with Crippen molar-refractivity contribution in [2.75, 3.05) is 6.61 Å². The van der Waals surface area contributed by atoms with Crippen LogP contribution in [0, 0.1) is 17.3 Å². The van der Waals surface area contributed by atoms with Gasteiger partial charge in [0, 0.05) is 11.3 Å². The Bertz CT molecular complexity index is 618. The van der Waals surface area contributed by atoms with Crippen molar-refractivity contribution in [3.8, 4) is 0 Å². The molecule has 3 aliphatic rings. The molecule has 1 aliphatic heterocycles. The minimum Gasteiger partial charge on any atom is -0.465 e. The lowest BCUT2D eigenvalue weighted by molar-refractivity contribution is -0.174. The zero-order chi connectivity index (χ0) is 14.0. The molecule has 2 aliphatic carbocycles. The summed E-state index contributed by atoms with van der Waals surface area (Å²) in [5, 5.41) is 0. The summed E-state index contributed by atoms with van der Waals surface area (Å²) in [6.45, 7) is 4.98. The minimum atomic E-state index is -0.455. The molecule has 1 saturated heterocycles. The summed E-state index contributed by atoms with van der Waals surface area (Å²) in [5.41, 5.74) is 2.48. The van der Waals surface area contributed by atoms with Crippen molar-refractivity contribution in [2.45, 2.75) is 32.1 Å². The summed E-state index contributed by atoms with van der Waals surface area (Å²) in [6, 6.07) is 8.74. The van der Waals surface area contributed by atoms with Gasteiger partial charge in [-0.15, -0.1) is 0 Å². The number of rotatable bonds is 0. The molecule has 1 heterocycles. The molecule has 2 heteroatoms. The lowest BCUT2D eigenvalue weighted by Gasteiger charge is -2.57. The van der Waals surface area contributed by atoms with Crippen LogP contribution in [0.15, 0.2) is 36.4 Å². The standard InChI is InChI=1S/C18H20O2/c1-17-8-5-9-18(2)15(17)13(11-20-16(18)19)10-12-6-3-4-7-14(12)17/h3-7,9,13,15H,8,10-11H2,1-2H3/t13-,15+,17-,18+/m0/s1. The summed E-state index contributed by atoms with van der Waals surface area (Å²) in [7, 11) is 0. The summed E-state index contributed by atoms with van der Waals surface area (Å²) in [6.07, 6.45) is 6.34. The van der Waals surface area contributed by atoms with E-state index in [2.05, 4.69) is 50.3 Å². The maximum atomic E-state index is 12.4. The summed E-state index contributed by atoms with van der Waals surface area (Å²) >= 11 is 0. The predicted octanol–water partition coefficient (Wildman–Crippen LogP) is 3.26.